The van der Waals surface area contributed by atoms with Gasteiger partial charge >= 0.3 is 0 Å². The van der Waals surface area contributed by atoms with Gasteiger partial charge < -0.3 is 24.3 Å². The molecule has 42 heavy (non-hydrogen) atoms. The summed E-state index contributed by atoms with van der Waals surface area (Å²) >= 11 is 0. The van der Waals surface area contributed by atoms with Crippen LogP contribution in [0.4, 0.5) is 16.0 Å². The van der Waals surface area contributed by atoms with Crippen molar-refractivity contribution < 1.29 is 26.9 Å². The first-order valence-corrected chi connectivity index (χ1v) is 14.7. The molecule has 0 unspecified atom stereocenters. The van der Waals surface area contributed by atoms with E-state index in [0.29, 0.717) is 30.0 Å². The standard InChI is InChI=1S/C21H26FN7O2.C7H8O3S/c1-5-31-20-16(9-23-21(26-20)28-7-6-15(12-28)27(3)4)19(30)25-14-8-17(22)18-24-13(2)10-29(18)11-14;1-6-2-4-7(5-3-6)11(8,9)10/h8-11,15H,5-7,12H2,1-4H3,(H,25,30);2-5H,1H3,(H,8,9,10)/t15-;/m1./s1. The highest BCUT2D eigenvalue weighted by atomic mass is 32.2. The molecule has 0 spiro atoms. The highest BCUT2D eigenvalue weighted by Crippen LogP contribution is 2.24. The first-order valence-electron chi connectivity index (χ1n) is 13.3. The van der Waals surface area contributed by atoms with Crippen molar-refractivity contribution in [2.45, 2.75) is 38.1 Å². The van der Waals surface area contributed by atoms with Crippen LogP contribution in [0.5, 0.6) is 5.88 Å². The van der Waals surface area contributed by atoms with E-state index in [1.165, 1.54) is 28.8 Å². The van der Waals surface area contributed by atoms with E-state index in [1.54, 1.807) is 31.5 Å². The molecule has 3 aromatic heterocycles. The lowest BCUT2D eigenvalue weighted by Gasteiger charge is -2.21. The van der Waals surface area contributed by atoms with E-state index in [2.05, 4.69) is 44.2 Å². The van der Waals surface area contributed by atoms with Crippen molar-refractivity contribution in [1.29, 1.82) is 0 Å². The second-order valence-corrected chi connectivity index (χ2v) is 11.5. The molecule has 1 aliphatic heterocycles. The topological polar surface area (TPSA) is 142 Å². The fourth-order valence-electron chi connectivity index (χ4n) is 4.41. The molecular weight excluding hydrogens is 565 g/mol. The minimum Gasteiger partial charge on any atom is -0.477 e. The molecule has 2 N–H and O–H groups in total. The number of carbonyl (C=O) groups excluding carboxylic acids is 1. The Morgan fingerprint density at radius 3 is 2.52 bits per heavy atom. The Balaban J connectivity index is 0.000000310. The summed E-state index contributed by atoms with van der Waals surface area (Å²) in [6.07, 6.45) is 5.78. The second kappa shape index (κ2) is 12.8. The molecule has 1 saturated heterocycles. The smallest absolute Gasteiger partial charge is 0.294 e. The summed E-state index contributed by atoms with van der Waals surface area (Å²) in [5.41, 5.74) is 2.34. The zero-order valence-electron chi connectivity index (χ0n) is 24.1. The molecule has 1 aromatic carbocycles. The predicted octanol–water partition coefficient (Wildman–Crippen LogP) is 3.60. The maximum Gasteiger partial charge on any atom is 0.294 e. The van der Waals surface area contributed by atoms with Crippen LogP contribution in [-0.4, -0.2) is 83.0 Å². The average molecular weight is 600 g/mol. The fourth-order valence-corrected chi connectivity index (χ4v) is 4.89. The van der Waals surface area contributed by atoms with E-state index >= 15 is 0 Å². The van der Waals surface area contributed by atoms with Gasteiger partial charge in [-0.15, -0.1) is 0 Å². The van der Waals surface area contributed by atoms with Gasteiger partial charge in [-0.3, -0.25) is 9.35 Å². The number of likely N-dealkylation sites (N-methyl/N-ethyl adjacent to an activating group) is 1. The first kappa shape index (κ1) is 30.8. The highest BCUT2D eigenvalue weighted by molar-refractivity contribution is 7.85. The van der Waals surface area contributed by atoms with Crippen LogP contribution in [0.1, 0.15) is 35.0 Å². The Hall–Kier alpha value is -4.14. The van der Waals surface area contributed by atoms with Gasteiger partial charge in [0, 0.05) is 43.8 Å². The normalized spacial score (nSPS) is 15.0. The molecule has 1 aliphatic rings. The van der Waals surface area contributed by atoms with Gasteiger partial charge in [0.15, 0.2) is 11.5 Å². The van der Waals surface area contributed by atoms with Gasteiger partial charge in [-0.05, 0) is 53.4 Å². The van der Waals surface area contributed by atoms with Crippen molar-refractivity contribution in [1.82, 2.24) is 24.3 Å². The molecule has 0 radical (unpaired) electrons. The molecule has 0 saturated carbocycles. The number of halogens is 1. The number of carbonyl (C=O) groups is 1. The predicted molar refractivity (Wildman–Crippen MR) is 156 cm³/mol. The van der Waals surface area contributed by atoms with Crippen molar-refractivity contribution >= 4 is 33.3 Å². The molecule has 1 atom stereocenters. The molecular formula is C28H34FN7O5S. The lowest BCUT2D eigenvalue weighted by Crippen LogP contribution is -2.32. The minimum atomic E-state index is -4.02. The Morgan fingerprint density at radius 1 is 1.19 bits per heavy atom. The summed E-state index contributed by atoms with van der Waals surface area (Å²) in [6, 6.07) is 7.65. The van der Waals surface area contributed by atoms with Crippen LogP contribution in [0, 0.1) is 19.7 Å². The molecule has 12 nitrogen and oxygen atoms in total. The van der Waals surface area contributed by atoms with E-state index < -0.39 is 21.8 Å². The quantitative estimate of drug-likeness (QED) is 0.303. The number of aromatic nitrogens is 4. The number of imidazole rings is 1. The summed E-state index contributed by atoms with van der Waals surface area (Å²) in [5.74, 6) is -0.255. The van der Waals surface area contributed by atoms with E-state index in [1.807, 2.05) is 13.8 Å². The van der Waals surface area contributed by atoms with Gasteiger partial charge in [0.2, 0.25) is 11.8 Å². The number of aryl methyl sites for hydroxylation is 2. The maximum absolute atomic E-state index is 14.3. The van der Waals surface area contributed by atoms with Crippen molar-refractivity contribution in [2.75, 3.05) is 44.0 Å². The summed E-state index contributed by atoms with van der Waals surface area (Å²) in [7, 11) is 0.0903. The number of anilines is 2. The number of benzene rings is 1. The largest absolute Gasteiger partial charge is 0.477 e. The van der Waals surface area contributed by atoms with Crippen molar-refractivity contribution in [3.63, 3.8) is 0 Å². The number of nitrogens with zero attached hydrogens (tertiary/aromatic N) is 6. The molecule has 1 amide bonds. The van der Waals surface area contributed by atoms with Crippen molar-refractivity contribution in [3.05, 3.63) is 71.6 Å². The average Bonchev–Trinajstić information content (AvgIpc) is 3.56. The molecule has 4 heterocycles. The van der Waals surface area contributed by atoms with Gasteiger partial charge in [0.1, 0.15) is 5.56 Å². The third kappa shape index (κ3) is 7.38. The monoisotopic (exact) mass is 599 g/mol. The SMILES string of the molecule is CCOc1nc(N2CC[C@@H](N(C)C)C2)ncc1C(=O)Nc1cc(F)c2nc(C)cn2c1.Cc1ccc(S(=O)(=O)O)cc1. The van der Waals surface area contributed by atoms with E-state index in [9.17, 15) is 17.6 Å². The van der Waals surface area contributed by atoms with Gasteiger partial charge in [-0.2, -0.15) is 13.4 Å². The Bertz CT molecular complexity index is 1680. The Kier molecular flexibility index (Phi) is 9.39. The van der Waals surface area contributed by atoms with Crippen LogP contribution in [0.2, 0.25) is 0 Å². The fraction of sp³-hybridized carbons (Fsp3) is 0.357. The number of hydrogen-bond donors (Lipinski definition) is 2. The van der Waals surface area contributed by atoms with Crippen LogP contribution in [0.15, 0.2) is 53.8 Å². The number of hydrogen-bond acceptors (Lipinski definition) is 9. The summed E-state index contributed by atoms with van der Waals surface area (Å²) < 4.78 is 51.1. The van der Waals surface area contributed by atoms with Crippen molar-refractivity contribution in [2.24, 2.45) is 0 Å². The van der Waals surface area contributed by atoms with E-state index in [4.69, 9.17) is 9.29 Å². The lowest BCUT2D eigenvalue weighted by molar-refractivity contribution is 0.102. The van der Waals surface area contributed by atoms with Crippen LogP contribution in [0.25, 0.3) is 5.65 Å². The van der Waals surface area contributed by atoms with Gasteiger partial charge in [0.25, 0.3) is 16.0 Å². The number of nitrogens with one attached hydrogen (secondary N) is 1. The van der Waals surface area contributed by atoms with Gasteiger partial charge in [-0.25, -0.2) is 14.4 Å². The van der Waals surface area contributed by atoms with Crippen LogP contribution < -0.4 is 15.0 Å². The third-order valence-electron chi connectivity index (χ3n) is 6.65. The number of pyridine rings is 1. The zero-order valence-corrected chi connectivity index (χ0v) is 24.9. The van der Waals surface area contributed by atoms with Crippen molar-refractivity contribution in [3.8, 4) is 5.88 Å². The molecule has 0 bridgehead atoms. The number of rotatable bonds is 7. The second-order valence-electron chi connectivity index (χ2n) is 10.1. The van der Waals surface area contributed by atoms with Gasteiger partial charge in [-0.1, -0.05) is 17.7 Å². The zero-order chi connectivity index (χ0) is 30.6. The molecule has 0 aliphatic carbocycles. The molecule has 5 rings (SSSR count). The lowest BCUT2D eigenvalue weighted by atomic mass is 10.2. The summed E-state index contributed by atoms with van der Waals surface area (Å²) in [6.45, 7) is 7.45. The molecule has 4 aromatic rings. The van der Waals surface area contributed by atoms with Gasteiger partial charge in [0.05, 0.1) is 22.9 Å². The minimum absolute atomic E-state index is 0.0666. The number of amides is 1. The summed E-state index contributed by atoms with van der Waals surface area (Å²) in [5, 5.41) is 2.70. The molecule has 224 valence electrons. The molecule has 14 heteroatoms. The highest BCUT2D eigenvalue weighted by Gasteiger charge is 2.27. The van der Waals surface area contributed by atoms with Crippen LogP contribution in [-0.2, 0) is 10.1 Å². The number of ether oxygens (including phenoxy) is 1. The van der Waals surface area contributed by atoms with Crippen LogP contribution >= 0.6 is 0 Å². The van der Waals surface area contributed by atoms with E-state index in [-0.39, 0.29) is 22.0 Å². The molecule has 1 fully saturated rings. The summed E-state index contributed by atoms with van der Waals surface area (Å²) in [4.78, 5) is 30.1. The Labute approximate surface area is 243 Å². The third-order valence-corrected chi connectivity index (χ3v) is 7.51. The number of fused-ring (bicyclic) bond motifs is 1. The maximum atomic E-state index is 14.3. The van der Waals surface area contributed by atoms with Crippen LogP contribution in [0.3, 0.4) is 0 Å². The Morgan fingerprint density at radius 2 is 1.90 bits per heavy atom. The first-order chi connectivity index (χ1) is 19.8. The van der Waals surface area contributed by atoms with E-state index in [0.717, 1.165) is 25.1 Å².